The predicted molar refractivity (Wildman–Crippen MR) is 168 cm³/mol. The van der Waals surface area contributed by atoms with Crippen LogP contribution in [0.25, 0.3) is 0 Å². The number of aryl methyl sites for hydroxylation is 1. The van der Waals surface area contributed by atoms with Gasteiger partial charge in [-0.05, 0) is 42.8 Å². The maximum atomic E-state index is 13.4. The quantitative estimate of drug-likeness (QED) is 0.138. The number of nitrogens with one attached hydrogen (secondary N) is 2. The molecule has 6 nitrogen and oxygen atoms in total. The van der Waals surface area contributed by atoms with E-state index in [4.69, 9.17) is 11.6 Å². The van der Waals surface area contributed by atoms with Crippen LogP contribution in [0.5, 0.6) is 0 Å². The Balaban J connectivity index is 1.72. The monoisotopic (exact) mass is 593 g/mol. The highest BCUT2D eigenvalue weighted by Crippen LogP contribution is 2.37. The average Bonchev–Trinajstić information content (AvgIpc) is 3.01. The van der Waals surface area contributed by atoms with Gasteiger partial charge < -0.3 is 10.6 Å². The van der Waals surface area contributed by atoms with Crippen LogP contribution < -0.4 is 10.6 Å². The molecule has 0 radical (unpaired) electrons. The van der Waals surface area contributed by atoms with Gasteiger partial charge in [0, 0.05) is 34.2 Å². The number of Topliss-reactive ketones (excluding diaryl/α,β-unsaturated/α-hetero) is 1. The van der Waals surface area contributed by atoms with Crippen LogP contribution in [0.15, 0.2) is 120 Å². The van der Waals surface area contributed by atoms with E-state index in [0.29, 0.717) is 27.4 Å². The number of nitrogens with zero attached hydrogens (tertiary/aromatic N) is 1. The van der Waals surface area contributed by atoms with E-state index in [0.717, 1.165) is 17.3 Å². The van der Waals surface area contributed by atoms with Gasteiger partial charge in [0.05, 0.1) is 22.4 Å². The minimum absolute atomic E-state index is 0.0720. The number of allylic oxidation sites excluding steroid dienone is 1. The van der Waals surface area contributed by atoms with Crippen LogP contribution in [0.2, 0.25) is 5.02 Å². The average molecular weight is 594 g/mol. The molecule has 0 heterocycles. The molecule has 0 unspecified atom stereocenters. The molecular weight excluding hydrogens is 566 g/mol. The number of nitriles is 1. The normalized spacial score (nSPS) is 11.9. The Hall–Kier alpha value is -4.64. The van der Waals surface area contributed by atoms with Crippen molar-refractivity contribution in [1.29, 1.82) is 5.26 Å². The van der Waals surface area contributed by atoms with Crippen LogP contribution in [-0.4, -0.2) is 23.4 Å². The van der Waals surface area contributed by atoms with E-state index in [9.17, 15) is 19.6 Å². The third kappa shape index (κ3) is 8.20. The Kier molecular flexibility index (Phi) is 10.7. The van der Waals surface area contributed by atoms with Crippen molar-refractivity contribution >= 4 is 46.6 Å². The van der Waals surface area contributed by atoms with Crippen molar-refractivity contribution < 1.29 is 14.4 Å². The lowest BCUT2D eigenvalue weighted by Crippen LogP contribution is -2.25. The summed E-state index contributed by atoms with van der Waals surface area (Å²) >= 11 is 7.60. The number of anilines is 1. The van der Waals surface area contributed by atoms with Crippen molar-refractivity contribution in [3.05, 3.63) is 147 Å². The van der Waals surface area contributed by atoms with Crippen LogP contribution in [0, 0.1) is 18.3 Å². The number of amides is 2. The third-order valence-corrected chi connectivity index (χ3v) is 7.79. The lowest BCUT2D eigenvalue weighted by molar-refractivity contribution is -0.113. The van der Waals surface area contributed by atoms with Gasteiger partial charge in [0.15, 0.2) is 5.78 Å². The summed E-state index contributed by atoms with van der Waals surface area (Å²) in [6.45, 7) is 1.95. The van der Waals surface area contributed by atoms with Crippen molar-refractivity contribution in [1.82, 2.24) is 5.32 Å². The number of carbonyl (C=O) groups excluding carboxylic acids is 3. The Morgan fingerprint density at radius 2 is 1.43 bits per heavy atom. The fourth-order valence-corrected chi connectivity index (χ4v) is 5.38. The van der Waals surface area contributed by atoms with E-state index in [1.54, 1.807) is 91.0 Å². The van der Waals surface area contributed by atoms with Gasteiger partial charge in [0.25, 0.3) is 5.91 Å². The number of rotatable bonds is 11. The Bertz CT molecular complexity index is 1630. The second-order valence-corrected chi connectivity index (χ2v) is 10.8. The van der Waals surface area contributed by atoms with Crippen LogP contribution >= 0.6 is 23.4 Å². The second-order valence-electron chi connectivity index (χ2n) is 9.45. The molecule has 210 valence electrons. The maximum Gasteiger partial charge on any atom is 0.256 e. The van der Waals surface area contributed by atoms with Gasteiger partial charge in [-0.25, -0.2) is 0 Å². The zero-order valence-corrected chi connectivity index (χ0v) is 24.4. The Morgan fingerprint density at radius 3 is 2.05 bits per heavy atom. The molecule has 0 bridgehead atoms. The van der Waals surface area contributed by atoms with Gasteiger partial charge in [-0.1, -0.05) is 108 Å². The molecule has 0 saturated carbocycles. The summed E-state index contributed by atoms with van der Waals surface area (Å²) in [7, 11) is 0. The van der Waals surface area contributed by atoms with E-state index in [1.807, 2.05) is 25.1 Å². The first-order chi connectivity index (χ1) is 20.4. The molecular formula is C34H28ClN3O3S. The van der Waals surface area contributed by atoms with Crippen molar-refractivity contribution in [2.24, 2.45) is 0 Å². The molecule has 2 N–H and O–H groups in total. The molecule has 2 amide bonds. The summed E-state index contributed by atoms with van der Waals surface area (Å²) in [5.74, 6) is -1.83. The molecule has 0 fully saturated rings. The maximum absolute atomic E-state index is 13.4. The topological polar surface area (TPSA) is 99.1 Å². The largest absolute Gasteiger partial charge is 0.325 e. The van der Waals surface area contributed by atoms with Crippen molar-refractivity contribution in [2.45, 2.75) is 19.3 Å². The minimum Gasteiger partial charge on any atom is -0.325 e. The number of halogens is 1. The summed E-state index contributed by atoms with van der Waals surface area (Å²) in [4.78, 5) is 39.5. The molecule has 4 aromatic rings. The summed E-state index contributed by atoms with van der Waals surface area (Å²) in [6.07, 6.45) is -0.0720. The highest BCUT2D eigenvalue weighted by atomic mass is 35.5. The first kappa shape index (κ1) is 30.3. The predicted octanol–water partition coefficient (Wildman–Crippen LogP) is 7.54. The van der Waals surface area contributed by atoms with Crippen LogP contribution in [0.1, 0.15) is 44.2 Å². The number of thioether (sulfide) groups is 1. The molecule has 0 saturated heterocycles. The number of carbonyl (C=O) groups is 3. The van der Waals surface area contributed by atoms with E-state index >= 15 is 0 Å². The van der Waals surface area contributed by atoms with Crippen molar-refractivity contribution in [3.63, 3.8) is 0 Å². The second kappa shape index (κ2) is 14.8. The summed E-state index contributed by atoms with van der Waals surface area (Å²) in [5.41, 5.74) is 3.26. The zero-order valence-electron chi connectivity index (χ0n) is 22.8. The molecule has 0 aromatic heterocycles. The van der Waals surface area contributed by atoms with Gasteiger partial charge in [0.1, 0.15) is 0 Å². The standard InChI is InChI=1S/C34H28ClN3O3S/c1-23-16-18-26(19-17-23)37-32(40)22-42-34(38-33(41)25-12-6-3-7-13-25)29(21-36)28(27-14-8-9-15-30(27)35)20-31(39)24-10-4-2-5-11-24/h2-19,28H,20,22H2,1H3,(H,37,40)(H,38,41)/b34-29+/t28-/m0/s1. The lowest BCUT2D eigenvalue weighted by Gasteiger charge is -2.21. The number of hydrogen-bond donors (Lipinski definition) is 2. The molecule has 0 aliphatic rings. The van der Waals surface area contributed by atoms with Gasteiger partial charge in [0.2, 0.25) is 5.91 Å². The number of hydrogen-bond acceptors (Lipinski definition) is 5. The third-order valence-electron chi connectivity index (χ3n) is 6.43. The molecule has 42 heavy (non-hydrogen) atoms. The van der Waals surface area contributed by atoms with E-state index in [-0.39, 0.29) is 34.5 Å². The van der Waals surface area contributed by atoms with Crippen LogP contribution in [-0.2, 0) is 4.79 Å². The van der Waals surface area contributed by atoms with Gasteiger partial charge in [-0.2, -0.15) is 5.26 Å². The highest BCUT2D eigenvalue weighted by Gasteiger charge is 2.28. The molecule has 4 rings (SSSR count). The molecule has 0 aliphatic heterocycles. The molecule has 0 spiro atoms. The van der Waals surface area contributed by atoms with E-state index in [1.165, 1.54) is 0 Å². The van der Waals surface area contributed by atoms with Gasteiger partial charge >= 0.3 is 0 Å². The molecule has 0 aliphatic carbocycles. The summed E-state index contributed by atoms with van der Waals surface area (Å²) < 4.78 is 0. The first-order valence-corrected chi connectivity index (χ1v) is 14.5. The Morgan fingerprint density at radius 1 is 0.833 bits per heavy atom. The van der Waals surface area contributed by atoms with Crippen molar-refractivity contribution in [2.75, 3.05) is 11.1 Å². The Labute approximate surface area is 254 Å². The smallest absolute Gasteiger partial charge is 0.256 e. The molecule has 4 aromatic carbocycles. The van der Waals surface area contributed by atoms with E-state index < -0.39 is 11.8 Å². The summed E-state index contributed by atoms with van der Waals surface area (Å²) in [6, 6.07) is 33.9. The van der Waals surface area contributed by atoms with Crippen LogP contribution in [0.4, 0.5) is 5.69 Å². The van der Waals surface area contributed by atoms with Crippen LogP contribution in [0.3, 0.4) is 0 Å². The first-order valence-electron chi connectivity index (χ1n) is 13.2. The lowest BCUT2D eigenvalue weighted by atomic mass is 9.86. The number of benzene rings is 4. The molecule has 1 atom stereocenters. The van der Waals surface area contributed by atoms with Crippen molar-refractivity contribution in [3.8, 4) is 6.07 Å². The number of ketones is 1. The summed E-state index contributed by atoms with van der Waals surface area (Å²) in [5, 5.41) is 16.7. The zero-order chi connectivity index (χ0) is 29.9. The molecule has 8 heteroatoms. The van der Waals surface area contributed by atoms with E-state index in [2.05, 4.69) is 16.7 Å². The fraction of sp³-hybridized carbons (Fsp3) is 0.118. The minimum atomic E-state index is -0.782. The highest BCUT2D eigenvalue weighted by molar-refractivity contribution is 8.03. The SMILES string of the molecule is Cc1ccc(NC(=O)CS/C(NC(=O)c2ccccc2)=C(\C#N)[C@@H](CC(=O)c2ccccc2)c2ccccc2Cl)cc1. The van der Waals surface area contributed by atoms with Gasteiger partial charge in [-0.15, -0.1) is 0 Å². The fourth-order valence-electron chi connectivity index (χ4n) is 4.26. The van der Waals surface area contributed by atoms with Gasteiger partial charge in [-0.3, -0.25) is 14.4 Å².